The highest BCUT2D eigenvalue weighted by Gasteiger charge is 2.43. The first-order valence-electron chi connectivity index (χ1n) is 9.86. The number of nitrogens with one attached hydrogen (secondary N) is 1. The lowest BCUT2D eigenvalue weighted by atomic mass is 9.76. The molecule has 1 aromatic rings. The number of aliphatic hydroxyl groups excluding tert-OH is 1. The smallest absolute Gasteiger partial charge is 0.271 e. The van der Waals surface area contributed by atoms with E-state index in [1.807, 2.05) is 11.8 Å². The number of carbonyl (C=O) groups is 1. The van der Waals surface area contributed by atoms with Crippen molar-refractivity contribution in [3.63, 3.8) is 0 Å². The van der Waals surface area contributed by atoms with Gasteiger partial charge in [0.25, 0.3) is 5.91 Å². The molecule has 7 nitrogen and oxygen atoms in total. The number of imidazole rings is 1. The maximum Gasteiger partial charge on any atom is 0.271 e. The standard InChI is InChI=1S/C19H30N4O3/c1-14-20-11-17(21-14)18(25)23-8-4-19(5-9-23)10-16(26-13-19)12-22-6-2-15(24)3-7-22/h11,15-16,24H,2-10,12-13H2,1H3,(H,20,21). The average molecular weight is 362 g/mol. The number of amides is 1. The summed E-state index contributed by atoms with van der Waals surface area (Å²) >= 11 is 0. The van der Waals surface area contributed by atoms with Crippen molar-refractivity contribution in [1.29, 1.82) is 0 Å². The van der Waals surface area contributed by atoms with Crippen molar-refractivity contribution in [2.45, 2.75) is 51.2 Å². The summed E-state index contributed by atoms with van der Waals surface area (Å²) in [5.74, 6) is 0.835. The molecule has 0 saturated carbocycles. The van der Waals surface area contributed by atoms with E-state index >= 15 is 0 Å². The van der Waals surface area contributed by atoms with Gasteiger partial charge in [0.05, 0.1) is 25.0 Å². The van der Waals surface area contributed by atoms with Gasteiger partial charge in [-0.1, -0.05) is 0 Å². The number of aryl methyl sites for hydroxylation is 1. The summed E-state index contributed by atoms with van der Waals surface area (Å²) in [5, 5.41) is 9.64. The Kier molecular flexibility index (Phi) is 5.03. The molecule has 1 amide bonds. The number of likely N-dealkylation sites (tertiary alicyclic amines) is 2. The Hall–Kier alpha value is -1.44. The number of H-pyrrole nitrogens is 1. The molecule has 3 fully saturated rings. The fraction of sp³-hybridized carbons (Fsp3) is 0.789. The molecule has 0 aliphatic carbocycles. The fourth-order valence-corrected chi connectivity index (χ4v) is 4.64. The monoisotopic (exact) mass is 362 g/mol. The summed E-state index contributed by atoms with van der Waals surface area (Å²) < 4.78 is 6.14. The number of rotatable bonds is 3. The van der Waals surface area contributed by atoms with Crippen molar-refractivity contribution < 1.29 is 14.6 Å². The molecule has 1 spiro atoms. The van der Waals surface area contributed by atoms with Crippen LogP contribution < -0.4 is 0 Å². The molecular formula is C19H30N4O3. The Balaban J connectivity index is 1.27. The van der Waals surface area contributed by atoms with Gasteiger partial charge in [0, 0.05) is 32.7 Å². The normalized spacial score (nSPS) is 27.3. The first-order valence-corrected chi connectivity index (χ1v) is 9.86. The second-order valence-corrected chi connectivity index (χ2v) is 8.34. The van der Waals surface area contributed by atoms with E-state index in [-0.39, 0.29) is 17.4 Å². The topological polar surface area (TPSA) is 81.7 Å². The number of nitrogens with zero attached hydrogens (tertiary/aromatic N) is 3. The SMILES string of the molecule is Cc1ncc(C(=O)N2CCC3(CC2)COC(CN2CCC(O)CC2)C3)[nH]1. The van der Waals surface area contributed by atoms with Crippen LogP contribution in [0.4, 0.5) is 0 Å². The summed E-state index contributed by atoms with van der Waals surface area (Å²) in [5.41, 5.74) is 0.826. The Morgan fingerprint density at radius 2 is 2.08 bits per heavy atom. The van der Waals surface area contributed by atoms with Crippen molar-refractivity contribution in [3.8, 4) is 0 Å². The van der Waals surface area contributed by atoms with Gasteiger partial charge < -0.3 is 24.6 Å². The highest BCUT2D eigenvalue weighted by atomic mass is 16.5. The van der Waals surface area contributed by atoms with Gasteiger partial charge in [0.1, 0.15) is 11.5 Å². The van der Waals surface area contributed by atoms with Gasteiger partial charge in [-0.15, -0.1) is 0 Å². The molecule has 3 saturated heterocycles. The van der Waals surface area contributed by atoms with E-state index < -0.39 is 0 Å². The van der Waals surface area contributed by atoms with Gasteiger partial charge in [0.2, 0.25) is 0 Å². The van der Waals surface area contributed by atoms with Crippen LogP contribution in [0.2, 0.25) is 0 Å². The van der Waals surface area contributed by atoms with E-state index in [2.05, 4.69) is 14.9 Å². The molecule has 0 aromatic carbocycles. The first-order chi connectivity index (χ1) is 12.5. The molecular weight excluding hydrogens is 332 g/mol. The van der Waals surface area contributed by atoms with Crippen LogP contribution in [0, 0.1) is 12.3 Å². The zero-order chi connectivity index (χ0) is 18.1. The zero-order valence-electron chi connectivity index (χ0n) is 15.6. The summed E-state index contributed by atoms with van der Waals surface area (Å²) in [7, 11) is 0. The molecule has 4 rings (SSSR count). The van der Waals surface area contributed by atoms with Gasteiger partial charge in [-0.05, 0) is 44.4 Å². The summed E-state index contributed by atoms with van der Waals surface area (Å²) in [4.78, 5) is 24.1. The highest BCUT2D eigenvalue weighted by Crippen LogP contribution is 2.42. The molecule has 0 radical (unpaired) electrons. The Morgan fingerprint density at radius 1 is 1.35 bits per heavy atom. The lowest BCUT2D eigenvalue weighted by Gasteiger charge is -2.38. The number of carbonyl (C=O) groups excluding carboxylic acids is 1. The van der Waals surface area contributed by atoms with E-state index in [1.165, 1.54) is 0 Å². The lowest BCUT2D eigenvalue weighted by molar-refractivity contribution is 0.0301. The van der Waals surface area contributed by atoms with Crippen LogP contribution in [0.25, 0.3) is 0 Å². The van der Waals surface area contributed by atoms with E-state index in [4.69, 9.17) is 4.74 Å². The van der Waals surface area contributed by atoms with E-state index in [0.717, 1.165) is 77.3 Å². The number of aromatic nitrogens is 2. The highest BCUT2D eigenvalue weighted by molar-refractivity contribution is 5.92. The van der Waals surface area contributed by atoms with Gasteiger partial charge in [-0.2, -0.15) is 0 Å². The molecule has 3 aliphatic heterocycles. The van der Waals surface area contributed by atoms with Crippen LogP contribution in [-0.4, -0.2) is 82.3 Å². The summed E-state index contributed by atoms with van der Waals surface area (Å²) in [6.07, 6.45) is 6.68. The minimum Gasteiger partial charge on any atom is -0.393 e. The quantitative estimate of drug-likeness (QED) is 0.844. The molecule has 7 heteroatoms. The number of ether oxygens (including phenoxy) is 1. The second kappa shape index (κ2) is 7.29. The second-order valence-electron chi connectivity index (χ2n) is 8.34. The van der Waals surface area contributed by atoms with Crippen LogP contribution in [0.5, 0.6) is 0 Å². The van der Waals surface area contributed by atoms with Crippen molar-refractivity contribution in [1.82, 2.24) is 19.8 Å². The third kappa shape index (κ3) is 3.80. The third-order valence-corrected chi connectivity index (χ3v) is 6.35. The van der Waals surface area contributed by atoms with Gasteiger partial charge >= 0.3 is 0 Å². The average Bonchev–Trinajstić information content (AvgIpc) is 3.24. The maximum absolute atomic E-state index is 12.6. The molecule has 1 aromatic heterocycles. The number of aromatic amines is 1. The molecule has 3 aliphatic rings. The molecule has 1 atom stereocenters. The third-order valence-electron chi connectivity index (χ3n) is 6.35. The summed E-state index contributed by atoms with van der Waals surface area (Å²) in [6, 6.07) is 0. The predicted octanol–water partition coefficient (Wildman–Crippen LogP) is 1.19. The minimum absolute atomic E-state index is 0.0581. The molecule has 0 bridgehead atoms. The zero-order valence-corrected chi connectivity index (χ0v) is 15.6. The molecule has 26 heavy (non-hydrogen) atoms. The largest absolute Gasteiger partial charge is 0.393 e. The molecule has 1 unspecified atom stereocenters. The fourth-order valence-electron chi connectivity index (χ4n) is 4.64. The molecule has 144 valence electrons. The minimum atomic E-state index is -0.123. The van der Waals surface area contributed by atoms with E-state index in [9.17, 15) is 9.90 Å². The molecule has 2 N–H and O–H groups in total. The summed E-state index contributed by atoms with van der Waals surface area (Å²) in [6.45, 7) is 7.19. The van der Waals surface area contributed by atoms with E-state index in [0.29, 0.717) is 11.8 Å². The van der Waals surface area contributed by atoms with Crippen LogP contribution in [-0.2, 0) is 4.74 Å². The van der Waals surface area contributed by atoms with Crippen LogP contribution in [0.15, 0.2) is 6.20 Å². The van der Waals surface area contributed by atoms with E-state index in [1.54, 1.807) is 6.20 Å². The van der Waals surface area contributed by atoms with Gasteiger partial charge in [0.15, 0.2) is 0 Å². The Bertz CT molecular complexity index is 630. The van der Waals surface area contributed by atoms with Crippen molar-refractivity contribution in [2.75, 3.05) is 39.3 Å². The Labute approximate surface area is 154 Å². The van der Waals surface area contributed by atoms with Crippen molar-refractivity contribution in [2.24, 2.45) is 5.41 Å². The predicted molar refractivity (Wildman–Crippen MR) is 96.9 cm³/mol. The number of hydrogen-bond acceptors (Lipinski definition) is 5. The van der Waals surface area contributed by atoms with Gasteiger partial charge in [-0.25, -0.2) is 4.98 Å². The van der Waals surface area contributed by atoms with Crippen molar-refractivity contribution in [3.05, 3.63) is 17.7 Å². The maximum atomic E-state index is 12.6. The Morgan fingerprint density at radius 3 is 2.73 bits per heavy atom. The number of aliphatic hydroxyl groups is 1. The van der Waals surface area contributed by atoms with Crippen LogP contribution in [0.1, 0.15) is 48.4 Å². The number of piperidine rings is 2. The van der Waals surface area contributed by atoms with Crippen LogP contribution in [0.3, 0.4) is 0 Å². The first kappa shape index (κ1) is 17.9. The lowest BCUT2D eigenvalue weighted by Crippen LogP contribution is -2.44. The number of hydrogen-bond donors (Lipinski definition) is 2. The van der Waals surface area contributed by atoms with Crippen molar-refractivity contribution >= 4 is 5.91 Å². The van der Waals surface area contributed by atoms with Gasteiger partial charge in [-0.3, -0.25) is 4.79 Å². The molecule has 4 heterocycles. The van der Waals surface area contributed by atoms with Crippen LogP contribution >= 0.6 is 0 Å².